The average Bonchev–Trinajstić information content (AvgIpc) is 2.63. The van der Waals surface area contributed by atoms with E-state index in [-0.39, 0.29) is 6.04 Å². The van der Waals surface area contributed by atoms with Gasteiger partial charge in [-0.05, 0) is 32.9 Å². The molecule has 0 atom stereocenters. The topological polar surface area (TPSA) is 41.1 Å². The minimum atomic E-state index is 0.269. The molecule has 128 valence electrons. The zero-order valence-corrected chi connectivity index (χ0v) is 15.0. The van der Waals surface area contributed by atoms with Crippen LogP contribution in [-0.4, -0.2) is 22.6 Å². The highest BCUT2D eigenvalue weighted by atomic mass is 15.2. The molecule has 3 aromatic rings. The van der Waals surface area contributed by atoms with Crippen molar-refractivity contribution >= 4 is 17.5 Å². The number of nitrogens with one attached hydrogen (secondary N) is 1. The highest BCUT2D eigenvalue weighted by molar-refractivity contribution is 5.68. The summed E-state index contributed by atoms with van der Waals surface area (Å²) in [6.45, 7) is 7.14. The molecule has 0 fully saturated rings. The summed E-state index contributed by atoms with van der Waals surface area (Å²) in [5.74, 6) is 1.55. The maximum absolute atomic E-state index is 4.75. The number of rotatable bonds is 6. The summed E-state index contributed by atoms with van der Waals surface area (Å²) < 4.78 is 0. The fraction of sp³-hybridized carbons (Fsp3) is 0.238. The van der Waals surface area contributed by atoms with E-state index in [1.807, 2.05) is 36.4 Å². The first kappa shape index (κ1) is 17.0. The zero-order chi connectivity index (χ0) is 17.6. The Morgan fingerprint density at radius 1 is 0.920 bits per heavy atom. The van der Waals surface area contributed by atoms with Gasteiger partial charge in [-0.2, -0.15) is 4.98 Å². The van der Waals surface area contributed by atoms with Crippen LogP contribution in [0.25, 0.3) is 11.3 Å². The van der Waals surface area contributed by atoms with Crippen molar-refractivity contribution in [1.82, 2.24) is 9.97 Å². The van der Waals surface area contributed by atoms with Crippen molar-refractivity contribution in [2.45, 2.75) is 26.8 Å². The van der Waals surface area contributed by atoms with Gasteiger partial charge >= 0.3 is 0 Å². The molecular formula is C21H24N4. The SMILES string of the molecule is CCN(c1ccccc1)c1cc(-c2ccccc2)nc(NC(C)C)n1. The molecule has 0 radical (unpaired) electrons. The highest BCUT2D eigenvalue weighted by Gasteiger charge is 2.13. The number of hydrogen-bond acceptors (Lipinski definition) is 4. The molecular weight excluding hydrogens is 308 g/mol. The Balaban J connectivity index is 2.08. The number of anilines is 3. The normalized spacial score (nSPS) is 10.7. The third-order valence-corrected chi connectivity index (χ3v) is 3.86. The molecule has 1 N–H and O–H groups in total. The first-order chi connectivity index (χ1) is 12.2. The van der Waals surface area contributed by atoms with Gasteiger partial charge in [0.15, 0.2) is 0 Å². The van der Waals surface area contributed by atoms with Gasteiger partial charge in [0.25, 0.3) is 0 Å². The molecule has 1 heterocycles. The molecule has 4 nitrogen and oxygen atoms in total. The van der Waals surface area contributed by atoms with Gasteiger partial charge in [-0.15, -0.1) is 0 Å². The number of nitrogens with zero attached hydrogens (tertiary/aromatic N) is 3. The first-order valence-corrected chi connectivity index (χ1v) is 8.71. The predicted octanol–water partition coefficient (Wildman–Crippen LogP) is 5.12. The lowest BCUT2D eigenvalue weighted by atomic mass is 10.1. The molecule has 0 aliphatic carbocycles. The lowest BCUT2D eigenvalue weighted by Crippen LogP contribution is -2.20. The summed E-state index contributed by atoms with van der Waals surface area (Å²) >= 11 is 0. The first-order valence-electron chi connectivity index (χ1n) is 8.71. The van der Waals surface area contributed by atoms with Crippen LogP contribution in [0.4, 0.5) is 17.5 Å². The van der Waals surface area contributed by atoms with E-state index in [1.54, 1.807) is 0 Å². The molecule has 25 heavy (non-hydrogen) atoms. The van der Waals surface area contributed by atoms with Gasteiger partial charge in [0, 0.05) is 29.9 Å². The summed E-state index contributed by atoms with van der Waals surface area (Å²) in [6, 6.07) is 22.9. The van der Waals surface area contributed by atoms with Gasteiger partial charge in [-0.25, -0.2) is 4.98 Å². The number of para-hydroxylation sites is 1. The monoisotopic (exact) mass is 332 g/mol. The molecule has 0 saturated heterocycles. The third-order valence-electron chi connectivity index (χ3n) is 3.86. The van der Waals surface area contributed by atoms with Crippen molar-refractivity contribution in [1.29, 1.82) is 0 Å². The van der Waals surface area contributed by atoms with Crippen LogP contribution < -0.4 is 10.2 Å². The Labute approximate surface area is 149 Å². The molecule has 0 amide bonds. The van der Waals surface area contributed by atoms with Crippen LogP contribution in [0.1, 0.15) is 20.8 Å². The van der Waals surface area contributed by atoms with Crippen LogP contribution in [0.3, 0.4) is 0 Å². The molecule has 0 bridgehead atoms. The lowest BCUT2D eigenvalue weighted by molar-refractivity contribution is 0.870. The second kappa shape index (κ2) is 7.79. The van der Waals surface area contributed by atoms with Gasteiger partial charge in [0.1, 0.15) is 5.82 Å². The summed E-state index contributed by atoms with van der Waals surface area (Å²) in [7, 11) is 0. The smallest absolute Gasteiger partial charge is 0.225 e. The number of benzene rings is 2. The zero-order valence-electron chi connectivity index (χ0n) is 15.0. The van der Waals surface area contributed by atoms with Gasteiger partial charge < -0.3 is 10.2 Å². The van der Waals surface area contributed by atoms with Crippen molar-refractivity contribution in [2.75, 3.05) is 16.8 Å². The van der Waals surface area contributed by atoms with E-state index in [2.05, 4.69) is 61.3 Å². The van der Waals surface area contributed by atoms with Crippen LogP contribution in [0, 0.1) is 0 Å². The summed E-state index contributed by atoms with van der Waals surface area (Å²) in [4.78, 5) is 11.6. The van der Waals surface area contributed by atoms with E-state index in [0.29, 0.717) is 5.95 Å². The van der Waals surface area contributed by atoms with E-state index in [4.69, 9.17) is 9.97 Å². The van der Waals surface area contributed by atoms with Crippen LogP contribution in [0.2, 0.25) is 0 Å². The van der Waals surface area contributed by atoms with Crippen LogP contribution >= 0.6 is 0 Å². The van der Waals surface area contributed by atoms with Crippen LogP contribution in [-0.2, 0) is 0 Å². The quantitative estimate of drug-likeness (QED) is 0.680. The van der Waals surface area contributed by atoms with Crippen molar-refractivity contribution in [2.24, 2.45) is 0 Å². The van der Waals surface area contributed by atoms with E-state index in [9.17, 15) is 0 Å². The van der Waals surface area contributed by atoms with Gasteiger partial charge in [-0.3, -0.25) is 0 Å². The Kier molecular flexibility index (Phi) is 5.29. The number of aromatic nitrogens is 2. The Bertz CT molecular complexity index is 801. The highest BCUT2D eigenvalue weighted by Crippen LogP contribution is 2.28. The van der Waals surface area contributed by atoms with Crippen molar-refractivity contribution in [3.8, 4) is 11.3 Å². The Morgan fingerprint density at radius 3 is 2.16 bits per heavy atom. The lowest BCUT2D eigenvalue weighted by Gasteiger charge is -2.23. The van der Waals surface area contributed by atoms with Gasteiger partial charge in [0.2, 0.25) is 5.95 Å². The maximum Gasteiger partial charge on any atom is 0.225 e. The van der Waals surface area contributed by atoms with E-state index >= 15 is 0 Å². The van der Waals surface area contributed by atoms with Crippen LogP contribution in [0.15, 0.2) is 66.7 Å². The van der Waals surface area contributed by atoms with E-state index < -0.39 is 0 Å². The Hall–Kier alpha value is -2.88. The minimum Gasteiger partial charge on any atom is -0.352 e. The molecule has 0 spiro atoms. The maximum atomic E-state index is 4.75. The van der Waals surface area contributed by atoms with Gasteiger partial charge in [0.05, 0.1) is 5.69 Å². The molecule has 0 aliphatic rings. The van der Waals surface area contributed by atoms with Gasteiger partial charge in [-0.1, -0.05) is 48.5 Å². The average molecular weight is 332 g/mol. The van der Waals surface area contributed by atoms with E-state index in [0.717, 1.165) is 29.3 Å². The summed E-state index contributed by atoms with van der Waals surface area (Å²) in [5.41, 5.74) is 3.13. The van der Waals surface area contributed by atoms with Crippen LogP contribution in [0.5, 0.6) is 0 Å². The molecule has 0 aliphatic heterocycles. The second-order valence-corrected chi connectivity index (χ2v) is 6.18. The van der Waals surface area contributed by atoms with Crippen molar-refractivity contribution in [3.63, 3.8) is 0 Å². The Morgan fingerprint density at radius 2 is 1.56 bits per heavy atom. The minimum absolute atomic E-state index is 0.269. The number of hydrogen-bond donors (Lipinski definition) is 1. The second-order valence-electron chi connectivity index (χ2n) is 6.18. The van der Waals surface area contributed by atoms with Crippen molar-refractivity contribution < 1.29 is 0 Å². The standard InChI is InChI=1S/C21H24N4/c1-4-25(18-13-9-6-10-14-18)20-15-19(17-11-7-5-8-12-17)23-21(24-20)22-16(2)3/h5-16H,4H2,1-3H3,(H,22,23,24). The molecule has 1 aromatic heterocycles. The summed E-state index contributed by atoms with van der Waals surface area (Å²) in [5, 5.41) is 3.34. The molecule has 3 rings (SSSR count). The molecule has 4 heteroatoms. The molecule has 2 aromatic carbocycles. The summed E-state index contributed by atoms with van der Waals surface area (Å²) in [6.07, 6.45) is 0. The molecule has 0 unspecified atom stereocenters. The van der Waals surface area contributed by atoms with E-state index in [1.165, 1.54) is 0 Å². The van der Waals surface area contributed by atoms with Crippen molar-refractivity contribution in [3.05, 3.63) is 66.7 Å². The fourth-order valence-electron chi connectivity index (χ4n) is 2.74. The predicted molar refractivity (Wildman–Crippen MR) is 105 cm³/mol. The largest absolute Gasteiger partial charge is 0.352 e. The third kappa shape index (κ3) is 4.15. The fourth-order valence-corrected chi connectivity index (χ4v) is 2.74. The molecule has 0 saturated carbocycles.